The minimum atomic E-state index is -4.81. The third-order valence-corrected chi connectivity index (χ3v) is 0. The van der Waals surface area contributed by atoms with Gasteiger partial charge in [0.2, 0.25) is 0 Å². The second kappa shape index (κ2) is 1.46. The molecule has 0 aliphatic carbocycles. The van der Waals surface area contributed by atoms with Gasteiger partial charge in [-0.25, -0.2) is 0 Å². The van der Waals surface area contributed by atoms with Crippen molar-refractivity contribution in [2.45, 2.75) is 0 Å². The molecule has 7 heteroatoms. The molecule has 7 heavy (non-hydrogen) atoms. The van der Waals surface area contributed by atoms with Crippen molar-refractivity contribution >= 4 is 60.9 Å². The van der Waals surface area contributed by atoms with E-state index in [9.17, 15) is 0 Å². The molecule has 0 aromatic carbocycles. The second-order valence-corrected chi connectivity index (χ2v) is 26.5. The summed E-state index contributed by atoms with van der Waals surface area (Å²) in [4.78, 5) is 0. The molecular weight excluding hydrogens is 272 g/mol. The summed E-state index contributed by atoms with van der Waals surface area (Å²) in [6.45, 7) is 0. The van der Waals surface area contributed by atoms with E-state index in [-0.39, 0.29) is 0 Å². The maximum atomic E-state index is 5.00. The molecule has 0 spiro atoms. The molecule has 0 atom stereocenters. The number of halogens is 6. The Labute approximate surface area is 65.4 Å². The summed E-state index contributed by atoms with van der Waals surface area (Å²) in [5.74, 6) is 0. The van der Waals surface area contributed by atoms with E-state index in [1.54, 1.807) is 0 Å². The monoisotopic (exact) mass is 269 g/mol. The molecule has 0 heterocycles. The second-order valence-electron chi connectivity index (χ2n) is 0.714. The summed E-state index contributed by atoms with van der Waals surface area (Å²) in [6.07, 6.45) is 0. The Bertz CT molecular complexity index is 62.7. The van der Waals surface area contributed by atoms with Crippen molar-refractivity contribution in [2.24, 2.45) is 0 Å². The van der Waals surface area contributed by atoms with Gasteiger partial charge in [-0.1, -0.05) is 0 Å². The van der Waals surface area contributed by atoms with Crippen LogP contribution in [0.3, 0.4) is 0 Å². The molecule has 0 nitrogen and oxygen atoms in total. The Morgan fingerprint density at radius 3 is 0.571 bits per heavy atom. The number of rotatable bonds is 0. The average Bonchev–Trinajstić information content (AvgIpc) is 0.592. The molecule has 0 aromatic heterocycles. The van der Waals surface area contributed by atoms with Gasteiger partial charge in [-0.05, 0) is 0 Å². The normalized spacial score (nSPS) is 23.1. The Balaban J connectivity index is 4.43. The Morgan fingerprint density at radius 1 is 0.571 bits per heavy atom. The minimum absolute atomic E-state index is 4.81. The van der Waals surface area contributed by atoms with Crippen molar-refractivity contribution in [3.63, 3.8) is 0 Å². The fourth-order valence-corrected chi connectivity index (χ4v) is 0. The van der Waals surface area contributed by atoms with Gasteiger partial charge in [-0.3, -0.25) is 0 Å². The first kappa shape index (κ1) is 9.25. The summed E-state index contributed by atoms with van der Waals surface area (Å²) in [5.41, 5.74) is 0. The van der Waals surface area contributed by atoms with Crippen LogP contribution in [0.15, 0.2) is 0 Å². The van der Waals surface area contributed by atoms with Gasteiger partial charge in [0.15, 0.2) is 0 Å². The van der Waals surface area contributed by atoms with Gasteiger partial charge in [0, 0.05) is 0 Å². The van der Waals surface area contributed by atoms with Crippen LogP contribution in [0.1, 0.15) is 0 Å². The van der Waals surface area contributed by atoms with Crippen molar-refractivity contribution in [3.05, 3.63) is 0 Å². The molecule has 0 radical (unpaired) electrons. The Hall–Kier alpha value is 2.25. The van der Waals surface area contributed by atoms with Crippen molar-refractivity contribution in [1.82, 2.24) is 0 Å². The standard InChI is InChI=1S/6ClH.Co/h6*1H;/q;;;;;;+3/p-6. The van der Waals surface area contributed by atoms with E-state index in [2.05, 4.69) is 0 Å². The van der Waals surface area contributed by atoms with Crippen LogP contribution in [0.5, 0.6) is 0 Å². The summed E-state index contributed by atoms with van der Waals surface area (Å²) >= 11 is 0. The van der Waals surface area contributed by atoms with Crippen LogP contribution >= 0.6 is 60.9 Å². The first-order valence-electron chi connectivity index (χ1n) is 0.756. The van der Waals surface area contributed by atoms with Gasteiger partial charge in [0.05, 0.1) is 0 Å². The molecular formula is Cl6Co-3. The average molecular weight is 272 g/mol. The van der Waals surface area contributed by atoms with Crippen LogP contribution in [-0.4, -0.2) is 0 Å². The van der Waals surface area contributed by atoms with Crippen LogP contribution in [0, 0.1) is 0 Å². The van der Waals surface area contributed by atoms with Gasteiger partial charge >= 0.3 is 66.0 Å². The molecule has 0 bridgehead atoms. The molecule has 0 fully saturated rings. The summed E-state index contributed by atoms with van der Waals surface area (Å²) < 4.78 is 0. The van der Waals surface area contributed by atoms with Crippen LogP contribution in [-0.2, 0) is 5.12 Å². The molecule has 0 N–H and O–H groups in total. The van der Waals surface area contributed by atoms with Crippen LogP contribution in [0.2, 0.25) is 0 Å². The fraction of sp³-hybridized carbons (Fsp3) is 0. The number of hydrogen-bond acceptors (Lipinski definition) is 0. The zero-order valence-corrected chi connectivity index (χ0v) is 8.18. The zero-order chi connectivity index (χ0) is 6.41. The molecule has 0 rings (SSSR count). The number of hydrogen-bond donors (Lipinski definition) is 0. The van der Waals surface area contributed by atoms with Crippen LogP contribution in [0.25, 0.3) is 0 Å². The van der Waals surface area contributed by atoms with Gasteiger partial charge < -0.3 is 0 Å². The third-order valence-electron chi connectivity index (χ3n) is 0. The van der Waals surface area contributed by atoms with E-state index in [1.165, 1.54) is 0 Å². The molecule has 0 aliphatic heterocycles. The molecule has 54 valence electrons. The third kappa shape index (κ3) is 63.8. The van der Waals surface area contributed by atoms with Crippen molar-refractivity contribution < 1.29 is 5.12 Å². The summed E-state index contributed by atoms with van der Waals surface area (Å²) in [5, 5.41) is -4.81. The summed E-state index contributed by atoms with van der Waals surface area (Å²) in [7, 11) is 30.0. The zero-order valence-electron chi connectivity index (χ0n) is 2.60. The van der Waals surface area contributed by atoms with E-state index in [0.717, 1.165) is 0 Å². The van der Waals surface area contributed by atoms with Gasteiger partial charge in [0.1, 0.15) is 0 Å². The topological polar surface area (TPSA) is 0 Å². The van der Waals surface area contributed by atoms with Crippen molar-refractivity contribution in [2.75, 3.05) is 0 Å². The molecule has 0 unspecified atom stereocenters. The molecule has 0 saturated carbocycles. The summed E-state index contributed by atoms with van der Waals surface area (Å²) in [6, 6.07) is 0. The first-order valence-corrected chi connectivity index (χ1v) is 9.35. The SMILES string of the molecule is [Cl][Co-3]([Cl])([Cl])([Cl])([Cl])[Cl]. The van der Waals surface area contributed by atoms with Gasteiger partial charge in [-0.15, -0.1) is 0 Å². The van der Waals surface area contributed by atoms with Crippen molar-refractivity contribution in [1.29, 1.82) is 0 Å². The van der Waals surface area contributed by atoms with Crippen LogP contribution in [0.4, 0.5) is 0 Å². The van der Waals surface area contributed by atoms with E-state index in [4.69, 9.17) is 60.9 Å². The van der Waals surface area contributed by atoms with E-state index >= 15 is 0 Å². The molecule has 0 aromatic rings. The van der Waals surface area contributed by atoms with E-state index in [0.29, 0.717) is 0 Å². The first-order chi connectivity index (χ1) is 2.45. The predicted molar refractivity (Wildman–Crippen MR) is 35.1 cm³/mol. The Morgan fingerprint density at radius 2 is 0.571 bits per heavy atom. The molecule has 0 amide bonds. The molecule has 0 aliphatic rings. The van der Waals surface area contributed by atoms with Crippen LogP contribution < -0.4 is 0 Å². The Kier molecular flexibility index (Phi) is 1.92. The maximum absolute atomic E-state index is 5.00. The fourth-order valence-electron chi connectivity index (χ4n) is 0. The molecule has 0 saturated heterocycles. The van der Waals surface area contributed by atoms with Gasteiger partial charge in [0.25, 0.3) is 0 Å². The van der Waals surface area contributed by atoms with Crippen molar-refractivity contribution in [3.8, 4) is 0 Å². The quantitative estimate of drug-likeness (QED) is 0.621. The van der Waals surface area contributed by atoms with E-state index < -0.39 is 5.12 Å². The van der Waals surface area contributed by atoms with E-state index in [1.807, 2.05) is 0 Å². The predicted octanol–water partition coefficient (Wildman–Crippen LogP) is 4.13. The van der Waals surface area contributed by atoms with Gasteiger partial charge in [-0.2, -0.15) is 0 Å².